The van der Waals surface area contributed by atoms with Crippen molar-refractivity contribution in [1.29, 1.82) is 0 Å². The van der Waals surface area contributed by atoms with Crippen molar-refractivity contribution in [2.75, 3.05) is 6.61 Å². The van der Waals surface area contributed by atoms with Crippen LogP contribution in [0.25, 0.3) is 0 Å². The first kappa shape index (κ1) is 14.8. The molecule has 1 heterocycles. The molecule has 1 aliphatic carbocycles. The Morgan fingerprint density at radius 3 is 2.61 bits per heavy atom. The highest BCUT2D eigenvalue weighted by atomic mass is 19.4. The topological polar surface area (TPSA) is 53.4 Å². The summed E-state index contributed by atoms with van der Waals surface area (Å²) >= 11 is 0. The third kappa shape index (κ3) is 4.62. The number of hydrogen-bond donors (Lipinski definition) is 0. The Balaban J connectivity index is 1.92. The van der Waals surface area contributed by atoms with Crippen LogP contribution in [0.2, 0.25) is 0 Å². The van der Waals surface area contributed by atoms with Gasteiger partial charge in [0.15, 0.2) is 0 Å². The van der Waals surface area contributed by atoms with Crippen LogP contribution >= 0.6 is 0 Å². The van der Waals surface area contributed by atoms with Gasteiger partial charge in [-0.2, -0.15) is 17.9 Å². The van der Waals surface area contributed by atoms with Crippen LogP contribution < -0.4 is 4.74 Å². The van der Waals surface area contributed by atoms with E-state index in [2.05, 4.69) is 5.10 Å². The van der Waals surface area contributed by atoms with Gasteiger partial charge in [-0.3, -0.25) is 0 Å². The molecule has 2 rings (SSSR count). The van der Waals surface area contributed by atoms with Gasteiger partial charge in [0, 0.05) is 15.0 Å². The molecule has 0 amide bonds. The summed E-state index contributed by atoms with van der Waals surface area (Å²) in [5.74, 6) is -0.0633. The summed E-state index contributed by atoms with van der Waals surface area (Å²) in [6.45, 7) is 4.48. The minimum atomic E-state index is -4.42. The van der Waals surface area contributed by atoms with Crippen LogP contribution in [0.5, 0.6) is 5.88 Å². The van der Waals surface area contributed by atoms with Crippen molar-refractivity contribution in [3.63, 3.8) is 0 Å². The molecule has 0 radical (unpaired) electrons. The van der Waals surface area contributed by atoms with E-state index in [1.807, 2.05) is 0 Å². The van der Waals surface area contributed by atoms with Crippen molar-refractivity contribution in [3.05, 3.63) is 12.3 Å². The predicted octanol–water partition coefficient (Wildman–Crippen LogP) is 4.17. The Morgan fingerprint density at radius 2 is 2.09 bits per heavy atom. The largest absolute Gasteiger partial charge is 0.477 e. The second kappa shape index (κ2) is 6.05. The SMILES string of the molecule is [2H]C([2H])(COc1ccn(C(=O)OC(C)(C)C)n1)CC1(C(F)(F)F)CC1. The van der Waals surface area contributed by atoms with Crippen molar-refractivity contribution >= 4 is 6.09 Å². The van der Waals surface area contributed by atoms with Gasteiger partial charge >= 0.3 is 12.3 Å². The third-order valence-corrected chi connectivity index (χ3v) is 3.39. The Kier molecular flexibility index (Phi) is 3.90. The van der Waals surface area contributed by atoms with Crippen LogP contribution in [-0.4, -0.2) is 34.3 Å². The van der Waals surface area contributed by atoms with Gasteiger partial charge in [-0.15, -0.1) is 5.10 Å². The summed E-state index contributed by atoms with van der Waals surface area (Å²) in [6.07, 6.45) is -6.83. The Morgan fingerprint density at radius 1 is 1.43 bits per heavy atom. The minimum absolute atomic E-state index is 0.0633. The maximum atomic E-state index is 12.9. The quantitative estimate of drug-likeness (QED) is 0.810. The average molecular weight is 336 g/mol. The number of rotatable bonds is 5. The van der Waals surface area contributed by atoms with E-state index >= 15 is 0 Å². The van der Waals surface area contributed by atoms with Crippen molar-refractivity contribution in [3.8, 4) is 5.88 Å². The maximum absolute atomic E-state index is 12.9. The number of nitrogens with zero attached hydrogens (tertiary/aromatic N) is 2. The average Bonchev–Trinajstić information content (AvgIpc) is 3.02. The predicted molar refractivity (Wildman–Crippen MR) is 76.3 cm³/mol. The molecule has 1 saturated carbocycles. The fourth-order valence-electron chi connectivity index (χ4n) is 1.92. The summed E-state index contributed by atoms with van der Waals surface area (Å²) in [6, 6.07) is 1.32. The number of hydrogen-bond acceptors (Lipinski definition) is 4. The molecule has 1 aromatic heterocycles. The zero-order chi connectivity index (χ0) is 19.1. The Bertz CT molecular complexity index is 635. The molecule has 0 saturated heterocycles. The summed E-state index contributed by atoms with van der Waals surface area (Å²) in [5, 5.41) is 3.79. The molecule has 0 spiro atoms. The van der Waals surface area contributed by atoms with Crippen molar-refractivity contribution in [1.82, 2.24) is 9.78 Å². The number of halogens is 3. The normalized spacial score (nSPS) is 18.9. The molecule has 0 N–H and O–H groups in total. The second-order valence-electron chi connectivity index (χ2n) is 6.57. The number of ether oxygens (including phenoxy) is 2. The van der Waals surface area contributed by atoms with Gasteiger partial charge in [0.05, 0.1) is 12.0 Å². The van der Waals surface area contributed by atoms with Gasteiger partial charge < -0.3 is 9.47 Å². The van der Waals surface area contributed by atoms with E-state index in [0.29, 0.717) is 0 Å². The lowest BCUT2D eigenvalue weighted by molar-refractivity contribution is -0.189. The van der Waals surface area contributed by atoms with E-state index in [1.54, 1.807) is 20.8 Å². The third-order valence-electron chi connectivity index (χ3n) is 3.39. The molecule has 0 aromatic carbocycles. The molecule has 0 atom stereocenters. The summed E-state index contributed by atoms with van der Waals surface area (Å²) < 4.78 is 65.5. The van der Waals surface area contributed by atoms with E-state index < -0.39 is 42.7 Å². The Labute approximate surface area is 135 Å². The summed E-state index contributed by atoms with van der Waals surface area (Å²) in [5.41, 5.74) is -2.66. The van der Waals surface area contributed by atoms with E-state index in [4.69, 9.17) is 12.2 Å². The van der Waals surface area contributed by atoms with Crippen LogP contribution in [0.4, 0.5) is 18.0 Å². The van der Waals surface area contributed by atoms with E-state index in [-0.39, 0.29) is 18.7 Å². The molecule has 5 nitrogen and oxygen atoms in total. The monoisotopic (exact) mass is 336 g/mol. The number of alkyl halides is 3. The second-order valence-corrected chi connectivity index (χ2v) is 6.57. The highest BCUT2D eigenvalue weighted by Crippen LogP contribution is 2.60. The zero-order valence-electron chi connectivity index (χ0n) is 15.2. The first-order chi connectivity index (χ1) is 11.2. The molecule has 130 valence electrons. The van der Waals surface area contributed by atoms with E-state index in [1.165, 1.54) is 12.3 Å². The van der Waals surface area contributed by atoms with Gasteiger partial charge in [-0.25, -0.2) is 4.79 Å². The maximum Gasteiger partial charge on any atom is 0.435 e. The first-order valence-electron chi connectivity index (χ1n) is 8.22. The lowest BCUT2D eigenvalue weighted by Crippen LogP contribution is -2.27. The highest BCUT2D eigenvalue weighted by Gasteiger charge is 2.62. The summed E-state index contributed by atoms with van der Waals surface area (Å²) in [7, 11) is 0. The molecule has 23 heavy (non-hydrogen) atoms. The smallest absolute Gasteiger partial charge is 0.435 e. The van der Waals surface area contributed by atoms with Crippen LogP contribution in [0.1, 0.15) is 49.1 Å². The van der Waals surface area contributed by atoms with Gasteiger partial charge in [0.1, 0.15) is 5.60 Å². The van der Waals surface area contributed by atoms with Crippen LogP contribution in [0.3, 0.4) is 0 Å². The first-order valence-corrected chi connectivity index (χ1v) is 7.22. The minimum Gasteiger partial charge on any atom is -0.477 e. The van der Waals surface area contributed by atoms with Crippen molar-refractivity contribution in [2.45, 2.75) is 58.2 Å². The van der Waals surface area contributed by atoms with Crippen LogP contribution in [-0.2, 0) is 4.74 Å². The summed E-state index contributed by atoms with van der Waals surface area (Å²) in [4.78, 5) is 11.8. The molecule has 0 aliphatic heterocycles. The lowest BCUT2D eigenvalue weighted by Gasteiger charge is -2.19. The lowest BCUT2D eigenvalue weighted by atomic mass is 10.0. The van der Waals surface area contributed by atoms with Gasteiger partial charge in [-0.05, 0) is 46.4 Å². The van der Waals surface area contributed by atoms with Crippen LogP contribution in [0, 0.1) is 5.41 Å². The molecule has 0 unspecified atom stereocenters. The number of carbonyl (C=O) groups is 1. The number of carbonyl (C=O) groups excluding carboxylic acids is 1. The Hall–Kier alpha value is -1.73. The standard InChI is InChI=1S/C15H21F3N2O3/c1-13(2,3)23-12(21)20-9-5-11(19-20)22-10-4-6-14(7-8-14)15(16,17)18/h5,9H,4,6-8,10H2,1-3H3/i4D2. The molecular formula is C15H21F3N2O3. The zero-order valence-corrected chi connectivity index (χ0v) is 13.2. The molecule has 1 aliphatic rings. The number of aromatic nitrogens is 2. The van der Waals surface area contributed by atoms with E-state index in [9.17, 15) is 18.0 Å². The highest BCUT2D eigenvalue weighted by molar-refractivity contribution is 5.69. The van der Waals surface area contributed by atoms with Gasteiger partial charge in [-0.1, -0.05) is 0 Å². The van der Waals surface area contributed by atoms with Crippen molar-refractivity contribution < 1.29 is 30.2 Å². The van der Waals surface area contributed by atoms with Crippen LogP contribution in [0.15, 0.2) is 12.3 Å². The molecule has 0 bridgehead atoms. The fourth-order valence-corrected chi connectivity index (χ4v) is 1.92. The molecule has 1 fully saturated rings. The molecular weight excluding hydrogens is 313 g/mol. The molecule has 1 aromatic rings. The molecule has 8 heteroatoms. The van der Waals surface area contributed by atoms with Gasteiger partial charge in [0.2, 0.25) is 5.88 Å². The van der Waals surface area contributed by atoms with Gasteiger partial charge in [0.25, 0.3) is 0 Å². The van der Waals surface area contributed by atoms with Crippen molar-refractivity contribution in [2.24, 2.45) is 5.41 Å². The fraction of sp³-hybridized carbons (Fsp3) is 0.733. The van der Waals surface area contributed by atoms with E-state index in [0.717, 1.165) is 4.68 Å².